The Balaban J connectivity index is 1.59. The Kier molecular flexibility index (Phi) is 6.01. The van der Waals surface area contributed by atoms with Crippen LogP contribution in [0.25, 0.3) is 0 Å². The molecule has 144 valence electrons. The smallest absolute Gasteiger partial charge is 0.369 e. The van der Waals surface area contributed by atoms with Gasteiger partial charge in [-0.25, -0.2) is 4.98 Å². The maximum Gasteiger partial charge on any atom is 0.411 e. The minimum Gasteiger partial charge on any atom is -0.369 e. The molecule has 1 N–H and O–H groups in total. The molecule has 8 heteroatoms. The normalized spacial score (nSPS) is 23.9. The number of nitrogens with zero attached hydrogens (tertiary/aromatic N) is 2. The van der Waals surface area contributed by atoms with E-state index in [2.05, 4.69) is 15.2 Å². The second-order valence-electron chi connectivity index (χ2n) is 6.95. The summed E-state index contributed by atoms with van der Waals surface area (Å²) in [4.78, 5) is 19.2. The number of carbonyl (C=O) groups excluding carboxylic acids is 1. The first kappa shape index (κ1) is 18.9. The molecule has 0 aromatic carbocycles. The van der Waals surface area contributed by atoms with Crippen molar-refractivity contribution in [2.24, 2.45) is 0 Å². The van der Waals surface area contributed by atoms with E-state index in [0.29, 0.717) is 24.2 Å². The Labute approximate surface area is 150 Å². The molecule has 2 aliphatic rings. The third kappa shape index (κ3) is 5.09. The lowest BCUT2D eigenvalue weighted by molar-refractivity contribution is -0.188. The molecular weight excluding hydrogens is 347 g/mol. The fourth-order valence-electron chi connectivity index (χ4n) is 3.66. The molecule has 1 amide bonds. The highest BCUT2D eigenvalue weighted by molar-refractivity contribution is 5.99. The van der Waals surface area contributed by atoms with Crippen molar-refractivity contribution in [2.75, 3.05) is 24.6 Å². The van der Waals surface area contributed by atoms with Crippen LogP contribution in [-0.4, -0.2) is 48.9 Å². The Hall–Kier alpha value is -1.83. The molecule has 2 fully saturated rings. The van der Waals surface area contributed by atoms with Gasteiger partial charge in [0.2, 0.25) is 0 Å². The highest BCUT2D eigenvalue weighted by atomic mass is 19.4. The number of pyridine rings is 1. The highest BCUT2D eigenvalue weighted by Crippen LogP contribution is 2.26. The zero-order valence-electron chi connectivity index (χ0n) is 14.6. The maximum atomic E-state index is 12.7. The Morgan fingerprint density at radius 1 is 1.27 bits per heavy atom. The van der Waals surface area contributed by atoms with Gasteiger partial charge in [0.25, 0.3) is 5.91 Å². The van der Waals surface area contributed by atoms with Gasteiger partial charge in [-0.3, -0.25) is 4.79 Å². The molecule has 0 bridgehead atoms. The average molecular weight is 371 g/mol. The maximum absolute atomic E-state index is 12.7. The summed E-state index contributed by atoms with van der Waals surface area (Å²) < 4.78 is 41.9. The first-order chi connectivity index (χ1) is 12.4. The molecule has 1 saturated heterocycles. The lowest BCUT2D eigenvalue weighted by atomic mass is 9.92. The largest absolute Gasteiger partial charge is 0.411 e. The van der Waals surface area contributed by atoms with Gasteiger partial charge in [-0.15, -0.1) is 0 Å². The standard InChI is InChI=1S/C18H24F3N3O2/c19-18(20,21)12-26-14-6-3-5-13(11-14)23-17(25)15-7-4-8-22-16(15)24-9-1-2-10-24/h4,7-8,13-14H,1-3,5-6,9-12H2,(H,23,25)/t13-,14+/m0/s1. The number of rotatable bonds is 5. The van der Waals surface area contributed by atoms with Gasteiger partial charge >= 0.3 is 6.18 Å². The summed E-state index contributed by atoms with van der Waals surface area (Å²) in [6.07, 6.45) is 1.52. The van der Waals surface area contributed by atoms with Crippen LogP contribution in [0.1, 0.15) is 48.9 Å². The van der Waals surface area contributed by atoms with Gasteiger partial charge in [0.05, 0.1) is 11.7 Å². The van der Waals surface area contributed by atoms with Crippen molar-refractivity contribution in [3.05, 3.63) is 23.9 Å². The van der Waals surface area contributed by atoms with E-state index in [1.54, 1.807) is 18.3 Å². The van der Waals surface area contributed by atoms with Crippen LogP contribution < -0.4 is 10.2 Å². The number of aromatic nitrogens is 1. The van der Waals surface area contributed by atoms with Gasteiger partial charge in [-0.1, -0.05) is 0 Å². The number of alkyl halides is 3. The second-order valence-corrected chi connectivity index (χ2v) is 6.95. The Morgan fingerprint density at radius 3 is 2.77 bits per heavy atom. The van der Waals surface area contributed by atoms with Crippen molar-refractivity contribution in [3.8, 4) is 0 Å². The van der Waals surface area contributed by atoms with Gasteiger partial charge in [0.15, 0.2) is 0 Å². The van der Waals surface area contributed by atoms with Crippen LogP contribution in [0.15, 0.2) is 18.3 Å². The molecule has 5 nitrogen and oxygen atoms in total. The SMILES string of the molecule is O=C(N[C@H]1CCC[C@@H](OCC(F)(F)F)C1)c1cccnc1N1CCCC1. The topological polar surface area (TPSA) is 54.5 Å². The lowest BCUT2D eigenvalue weighted by Crippen LogP contribution is -2.41. The molecular formula is C18H24F3N3O2. The molecule has 3 rings (SSSR count). The summed E-state index contributed by atoms with van der Waals surface area (Å²) in [7, 11) is 0. The minimum absolute atomic E-state index is 0.180. The van der Waals surface area contributed by atoms with Crippen LogP contribution in [0.2, 0.25) is 0 Å². The second kappa shape index (κ2) is 8.24. The molecule has 1 aromatic heterocycles. The molecule has 1 aromatic rings. The number of halogens is 3. The van der Waals surface area contributed by atoms with Gasteiger partial charge in [-0.05, 0) is 50.7 Å². The molecule has 1 aliphatic heterocycles. The minimum atomic E-state index is -4.32. The van der Waals surface area contributed by atoms with Gasteiger partial charge < -0.3 is 15.0 Å². The summed E-state index contributed by atoms with van der Waals surface area (Å²) in [5, 5.41) is 2.96. The zero-order chi connectivity index (χ0) is 18.6. The number of hydrogen-bond donors (Lipinski definition) is 1. The van der Waals surface area contributed by atoms with E-state index in [9.17, 15) is 18.0 Å². The molecule has 2 atom stereocenters. The van der Waals surface area contributed by atoms with Crippen LogP contribution in [-0.2, 0) is 4.74 Å². The third-order valence-electron chi connectivity index (χ3n) is 4.88. The van der Waals surface area contributed by atoms with Crippen LogP contribution in [0, 0.1) is 0 Å². The number of amides is 1. The van der Waals surface area contributed by atoms with E-state index < -0.39 is 18.9 Å². The van der Waals surface area contributed by atoms with Gasteiger partial charge in [0.1, 0.15) is 12.4 Å². The fourth-order valence-corrected chi connectivity index (χ4v) is 3.66. The van der Waals surface area contributed by atoms with Crippen LogP contribution in [0.4, 0.5) is 19.0 Å². The van der Waals surface area contributed by atoms with Crippen LogP contribution >= 0.6 is 0 Å². The number of ether oxygens (including phenoxy) is 1. The van der Waals surface area contributed by atoms with Crippen molar-refractivity contribution >= 4 is 11.7 Å². The molecule has 0 spiro atoms. The predicted octanol–water partition coefficient (Wildman–Crippen LogP) is 3.30. The van der Waals surface area contributed by atoms with Gasteiger partial charge in [-0.2, -0.15) is 13.2 Å². The predicted molar refractivity (Wildman–Crippen MR) is 91.2 cm³/mol. The van der Waals surface area contributed by atoms with E-state index in [1.165, 1.54) is 0 Å². The zero-order valence-corrected chi connectivity index (χ0v) is 14.6. The van der Waals surface area contributed by atoms with E-state index in [1.807, 2.05) is 0 Å². The van der Waals surface area contributed by atoms with Gasteiger partial charge in [0, 0.05) is 25.3 Å². The summed E-state index contributed by atoms with van der Waals surface area (Å²) in [5.41, 5.74) is 0.521. The molecule has 1 saturated carbocycles. The van der Waals surface area contributed by atoms with Crippen LogP contribution in [0.5, 0.6) is 0 Å². The molecule has 2 heterocycles. The average Bonchev–Trinajstić information content (AvgIpc) is 3.14. The van der Waals surface area contributed by atoms with E-state index in [-0.39, 0.29) is 11.9 Å². The molecule has 26 heavy (non-hydrogen) atoms. The summed E-state index contributed by atoms with van der Waals surface area (Å²) in [6, 6.07) is 3.29. The van der Waals surface area contributed by atoms with Crippen molar-refractivity contribution in [2.45, 2.75) is 56.8 Å². The monoisotopic (exact) mass is 371 g/mol. The van der Waals surface area contributed by atoms with Crippen molar-refractivity contribution < 1.29 is 22.7 Å². The third-order valence-corrected chi connectivity index (χ3v) is 4.88. The fraction of sp³-hybridized carbons (Fsp3) is 0.667. The number of carbonyl (C=O) groups is 1. The molecule has 0 unspecified atom stereocenters. The number of anilines is 1. The van der Waals surface area contributed by atoms with E-state index in [4.69, 9.17) is 4.74 Å². The van der Waals surface area contributed by atoms with E-state index >= 15 is 0 Å². The molecule has 0 radical (unpaired) electrons. The van der Waals surface area contributed by atoms with E-state index in [0.717, 1.165) is 38.8 Å². The number of nitrogens with one attached hydrogen (secondary N) is 1. The summed E-state index contributed by atoms with van der Waals surface area (Å²) in [5.74, 6) is 0.463. The highest BCUT2D eigenvalue weighted by Gasteiger charge is 2.32. The quantitative estimate of drug-likeness (QED) is 0.863. The molecule has 1 aliphatic carbocycles. The first-order valence-corrected chi connectivity index (χ1v) is 9.11. The summed E-state index contributed by atoms with van der Waals surface area (Å²) in [6.45, 7) is 0.530. The van der Waals surface area contributed by atoms with Crippen molar-refractivity contribution in [3.63, 3.8) is 0 Å². The van der Waals surface area contributed by atoms with Crippen molar-refractivity contribution in [1.29, 1.82) is 0 Å². The van der Waals surface area contributed by atoms with Crippen LogP contribution in [0.3, 0.4) is 0 Å². The lowest BCUT2D eigenvalue weighted by Gasteiger charge is -2.30. The first-order valence-electron chi connectivity index (χ1n) is 9.11. The summed E-state index contributed by atoms with van der Waals surface area (Å²) >= 11 is 0. The number of hydrogen-bond acceptors (Lipinski definition) is 4. The Bertz CT molecular complexity index is 618. The Morgan fingerprint density at radius 2 is 2.04 bits per heavy atom. The van der Waals surface area contributed by atoms with Crippen molar-refractivity contribution in [1.82, 2.24) is 10.3 Å².